The normalized spacial score (nSPS) is 20.9. The largest absolute Gasteiger partial charge is 0.573 e. The van der Waals surface area contributed by atoms with Gasteiger partial charge in [-0.05, 0) is 56.0 Å². The monoisotopic (exact) mass is 427 g/mol. The summed E-state index contributed by atoms with van der Waals surface area (Å²) in [6.45, 7) is 0. The highest BCUT2D eigenvalue weighted by Gasteiger charge is 2.44. The Morgan fingerprint density at radius 1 is 1.03 bits per heavy atom. The molecule has 5 nitrogen and oxygen atoms in total. The first kappa shape index (κ1) is 20.0. The Kier molecular flexibility index (Phi) is 4.98. The lowest BCUT2D eigenvalue weighted by Crippen LogP contribution is -2.43. The third-order valence-electron chi connectivity index (χ3n) is 5.38. The Hall–Kier alpha value is -2.26. The van der Waals surface area contributed by atoms with Crippen molar-refractivity contribution in [3.05, 3.63) is 54.1 Å². The topological polar surface area (TPSA) is 64.6 Å². The van der Waals surface area contributed by atoms with Gasteiger partial charge in [0.1, 0.15) is 17.1 Å². The molecule has 1 aliphatic carbocycles. The summed E-state index contributed by atoms with van der Waals surface area (Å²) in [6, 6.07) is 11.0. The Balaban J connectivity index is 1.58. The van der Waals surface area contributed by atoms with Crippen LogP contribution in [-0.2, 0) is 10.0 Å². The van der Waals surface area contributed by atoms with E-state index in [0.717, 1.165) is 55.5 Å². The number of hydrogen-bond donors (Lipinski definition) is 1. The summed E-state index contributed by atoms with van der Waals surface area (Å²) in [4.78, 5) is -0.128. The number of rotatable bonds is 4. The Morgan fingerprint density at radius 2 is 1.69 bits per heavy atom. The number of fused-ring (bicyclic) bond motifs is 1. The minimum absolute atomic E-state index is 0.128. The molecule has 1 saturated carbocycles. The van der Waals surface area contributed by atoms with Crippen molar-refractivity contribution in [2.75, 3.05) is 0 Å². The van der Waals surface area contributed by atoms with E-state index in [0.29, 0.717) is 12.2 Å². The van der Waals surface area contributed by atoms with Crippen LogP contribution in [0, 0.1) is 0 Å². The van der Waals surface area contributed by atoms with Gasteiger partial charge in [0.25, 0.3) is 0 Å². The fraction of sp³-hybridized carbons (Fsp3) is 0.400. The molecule has 29 heavy (non-hydrogen) atoms. The summed E-state index contributed by atoms with van der Waals surface area (Å²) in [5, 5.41) is 0. The van der Waals surface area contributed by atoms with Crippen LogP contribution in [0.25, 0.3) is 0 Å². The van der Waals surface area contributed by atoms with E-state index in [-0.39, 0.29) is 10.5 Å². The lowest BCUT2D eigenvalue weighted by atomic mass is 9.86. The van der Waals surface area contributed by atoms with Crippen molar-refractivity contribution in [2.24, 2.45) is 0 Å². The fourth-order valence-electron chi connectivity index (χ4n) is 4.12. The van der Waals surface area contributed by atoms with Gasteiger partial charge in [-0.25, -0.2) is 13.1 Å². The predicted molar refractivity (Wildman–Crippen MR) is 99.1 cm³/mol. The maximum Gasteiger partial charge on any atom is 0.573 e. The van der Waals surface area contributed by atoms with Crippen LogP contribution in [0.2, 0.25) is 0 Å². The minimum atomic E-state index is -4.83. The van der Waals surface area contributed by atoms with Gasteiger partial charge < -0.3 is 9.47 Å². The Bertz CT molecular complexity index is 984. The molecule has 156 valence electrons. The molecule has 2 aromatic carbocycles. The van der Waals surface area contributed by atoms with Crippen LogP contribution >= 0.6 is 0 Å². The van der Waals surface area contributed by atoms with Gasteiger partial charge in [-0.1, -0.05) is 18.2 Å². The van der Waals surface area contributed by atoms with E-state index < -0.39 is 28.2 Å². The number of alkyl halides is 3. The van der Waals surface area contributed by atoms with Gasteiger partial charge in [-0.3, -0.25) is 0 Å². The number of benzene rings is 2. The van der Waals surface area contributed by atoms with Gasteiger partial charge in [0.05, 0.1) is 10.9 Å². The number of halogens is 3. The van der Waals surface area contributed by atoms with Gasteiger partial charge in [-0.2, -0.15) is 0 Å². The van der Waals surface area contributed by atoms with E-state index in [1.165, 1.54) is 0 Å². The number of nitrogens with one attached hydrogen (secondary N) is 1. The third kappa shape index (κ3) is 4.35. The van der Waals surface area contributed by atoms with Crippen molar-refractivity contribution >= 4 is 10.0 Å². The molecular weight excluding hydrogens is 407 g/mol. The van der Waals surface area contributed by atoms with Crippen molar-refractivity contribution in [1.29, 1.82) is 0 Å². The molecule has 1 fully saturated rings. The minimum Gasteiger partial charge on any atom is -0.487 e. The summed E-state index contributed by atoms with van der Waals surface area (Å²) in [5.74, 6) is 0.194. The van der Waals surface area contributed by atoms with E-state index in [1.807, 2.05) is 24.3 Å². The number of para-hydroxylation sites is 1. The quantitative estimate of drug-likeness (QED) is 0.768. The second-order valence-electron chi connectivity index (χ2n) is 7.43. The first-order chi connectivity index (χ1) is 13.7. The average Bonchev–Trinajstić information content (AvgIpc) is 3.08. The number of ether oxygens (including phenoxy) is 2. The molecular formula is C20H20F3NO4S. The summed E-state index contributed by atoms with van der Waals surface area (Å²) < 4.78 is 75.5. The van der Waals surface area contributed by atoms with Gasteiger partial charge in [0.2, 0.25) is 10.0 Å². The molecule has 1 spiro atoms. The second kappa shape index (κ2) is 7.21. The first-order valence-corrected chi connectivity index (χ1v) is 10.8. The van der Waals surface area contributed by atoms with E-state index in [1.54, 1.807) is 0 Å². The average molecular weight is 427 g/mol. The van der Waals surface area contributed by atoms with Crippen molar-refractivity contribution < 1.29 is 31.1 Å². The highest BCUT2D eigenvalue weighted by Crippen LogP contribution is 2.47. The fourth-order valence-corrected chi connectivity index (χ4v) is 5.34. The zero-order valence-electron chi connectivity index (χ0n) is 15.4. The van der Waals surface area contributed by atoms with Gasteiger partial charge >= 0.3 is 6.36 Å². The molecule has 2 aromatic rings. The van der Waals surface area contributed by atoms with Crippen LogP contribution in [0.1, 0.15) is 43.7 Å². The summed E-state index contributed by atoms with van der Waals surface area (Å²) >= 11 is 0. The highest BCUT2D eigenvalue weighted by molar-refractivity contribution is 7.89. The van der Waals surface area contributed by atoms with Gasteiger partial charge in [-0.15, -0.1) is 13.2 Å². The maximum absolute atomic E-state index is 12.9. The molecule has 2 aliphatic rings. The molecule has 0 aromatic heterocycles. The first-order valence-electron chi connectivity index (χ1n) is 9.32. The predicted octanol–water partition coefficient (Wildman–Crippen LogP) is 4.70. The Morgan fingerprint density at radius 3 is 2.34 bits per heavy atom. The SMILES string of the molecule is O=S(=O)(N[C@H]1CC2(CCCC2)Oc2ccccc21)c1ccc(OC(F)(F)F)cc1. The molecule has 9 heteroatoms. The zero-order chi connectivity index (χ0) is 20.7. The molecule has 1 N–H and O–H groups in total. The van der Waals surface area contributed by atoms with Crippen molar-refractivity contribution in [3.8, 4) is 11.5 Å². The summed E-state index contributed by atoms with van der Waals surface area (Å²) in [5.41, 5.74) is 0.372. The van der Waals surface area contributed by atoms with Gasteiger partial charge in [0.15, 0.2) is 0 Å². The summed E-state index contributed by atoms with van der Waals surface area (Å²) in [6.07, 6.45) is -0.532. The van der Waals surface area contributed by atoms with Crippen LogP contribution in [0.15, 0.2) is 53.4 Å². The molecule has 0 saturated heterocycles. The molecule has 0 bridgehead atoms. The van der Waals surface area contributed by atoms with Crippen LogP contribution < -0.4 is 14.2 Å². The lowest BCUT2D eigenvalue weighted by molar-refractivity contribution is -0.274. The molecule has 1 atom stereocenters. The molecule has 0 unspecified atom stereocenters. The smallest absolute Gasteiger partial charge is 0.487 e. The Labute approximate surface area is 166 Å². The molecule has 4 rings (SSSR count). The molecule has 0 radical (unpaired) electrons. The molecule has 0 amide bonds. The van der Waals surface area contributed by atoms with Gasteiger partial charge in [0, 0.05) is 12.0 Å². The highest BCUT2D eigenvalue weighted by atomic mass is 32.2. The number of sulfonamides is 1. The van der Waals surface area contributed by atoms with Crippen LogP contribution in [0.4, 0.5) is 13.2 Å². The van der Waals surface area contributed by atoms with Crippen LogP contribution in [0.3, 0.4) is 0 Å². The van der Waals surface area contributed by atoms with Crippen LogP contribution in [0.5, 0.6) is 11.5 Å². The number of hydrogen-bond acceptors (Lipinski definition) is 4. The lowest BCUT2D eigenvalue weighted by Gasteiger charge is -2.40. The van der Waals surface area contributed by atoms with E-state index >= 15 is 0 Å². The zero-order valence-corrected chi connectivity index (χ0v) is 16.2. The van der Waals surface area contributed by atoms with Crippen molar-refractivity contribution in [1.82, 2.24) is 4.72 Å². The molecule has 1 heterocycles. The van der Waals surface area contributed by atoms with E-state index in [4.69, 9.17) is 4.74 Å². The van der Waals surface area contributed by atoms with E-state index in [2.05, 4.69) is 9.46 Å². The van der Waals surface area contributed by atoms with E-state index in [9.17, 15) is 21.6 Å². The maximum atomic E-state index is 12.9. The summed E-state index contributed by atoms with van der Waals surface area (Å²) in [7, 11) is -3.95. The third-order valence-corrected chi connectivity index (χ3v) is 6.86. The standard InChI is InChI=1S/C20H20F3NO4S/c21-20(22,23)27-14-7-9-15(10-8-14)29(25,26)24-17-13-19(11-3-4-12-19)28-18-6-2-1-5-16(17)18/h1-2,5-10,17,24H,3-4,11-13H2/t17-/m0/s1. The van der Waals surface area contributed by atoms with Crippen LogP contribution in [-0.4, -0.2) is 20.4 Å². The molecule has 1 aliphatic heterocycles. The van der Waals surface area contributed by atoms with Crippen molar-refractivity contribution in [2.45, 2.75) is 55.0 Å². The second-order valence-corrected chi connectivity index (χ2v) is 9.14. The van der Waals surface area contributed by atoms with Crippen molar-refractivity contribution in [3.63, 3.8) is 0 Å².